The highest BCUT2D eigenvalue weighted by Crippen LogP contribution is 2.57. The van der Waals surface area contributed by atoms with Crippen LogP contribution in [0.25, 0.3) is 0 Å². The molecule has 2 amide bonds. The number of hydrogen-bond acceptors (Lipinski definition) is 2. The number of nitrogens with zero attached hydrogens (tertiary/aromatic N) is 1. The fourth-order valence-corrected chi connectivity index (χ4v) is 4.55. The summed E-state index contributed by atoms with van der Waals surface area (Å²) < 4.78 is 0. The normalized spacial score (nSPS) is 22.7. The number of rotatable bonds is 8. The molecule has 3 rings (SSSR count). The number of carboxylic acid groups (broad SMARTS) is 1. The third-order valence-corrected chi connectivity index (χ3v) is 7.01. The number of carboxylic acids is 1. The maximum atomic E-state index is 12.9. The van der Waals surface area contributed by atoms with Gasteiger partial charge >= 0.3 is 12.0 Å². The van der Waals surface area contributed by atoms with Crippen molar-refractivity contribution < 1.29 is 14.7 Å². The van der Waals surface area contributed by atoms with Crippen molar-refractivity contribution in [3.8, 4) is 0 Å². The van der Waals surface area contributed by atoms with Gasteiger partial charge < -0.3 is 15.3 Å². The van der Waals surface area contributed by atoms with Crippen molar-refractivity contribution in [1.29, 1.82) is 0 Å². The van der Waals surface area contributed by atoms with Gasteiger partial charge in [0.25, 0.3) is 0 Å². The second-order valence-corrected chi connectivity index (χ2v) is 11.1. The Morgan fingerprint density at radius 3 is 2.48 bits per heavy atom. The van der Waals surface area contributed by atoms with E-state index in [2.05, 4.69) is 52.1 Å². The van der Waals surface area contributed by atoms with E-state index in [1.54, 1.807) is 4.90 Å². The monoisotopic (exact) mass is 446 g/mol. The Hall–Kier alpha value is -2.01. The van der Waals surface area contributed by atoms with Gasteiger partial charge in [-0.1, -0.05) is 51.4 Å². The molecular weight excluding hydrogens is 412 g/mol. The molecule has 0 radical (unpaired) electrons. The van der Waals surface area contributed by atoms with Gasteiger partial charge in [-0.25, -0.2) is 4.79 Å². The number of halogens is 1. The summed E-state index contributed by atoms with van der Waals surface area (Å²) in [4.78, 5) is 25.4. The maximum Gasteiger partial charge on any atom is 0.322 e. The molecule has 1 heterocycles. The first-order chi connectivity index (χ1) is 14.3. The smallest absolute Gasteiger partial charge is 0.322 e. The van der Waals surface area contributed by atoms with Crippen LogP contribution < -0.4 is 5.32 Å². The van der Waals surface area contributed by atoms with Gasteiger partial charge in [0.05, 0.1) is 5.54 Å². The topological polar surface area (TPSA) is 69.6 Å². The van der Waals surface area contributed by atoms with Gasteiger partial charge in [0, 0.05) is 24.2 Å². The Labute approximate surface area is 190 Å². The molecule has 1 aromatic carbocycles. The molecule has 1 aliphatic carbocycles. The largest absolute Gasteiger partial charge is 0.481 e. The SMILES string of the molecule is CC(C)(C)CCc1ccc([C@@]2(C)NC(=O)N(CCCC(=O)O)C=C2C2(C)CC2)cc1Cl. The number of hydrogen-bond donors (Lipinski definition) is 2. The molecule has 0 unspecified atom stereocenters. The van der Waals surface area contributed by atoms with Crippen LogP contribution in [-0.2, 0) is 16.8 Å². The van der Waals surface area contributed by atoms with E-state index in [1.165, 1.54) is 0 Å². The fourth-order valence-electron chi connectivity index (χ4n) is 4.28. The zero-order chi connectivity index (χ0) is 23.0. The predicted molar refractivity (Wildman–Crippen MR) is 124 cm³/mol. The van der Waals surface area contributed by atoms with Crippen molar-refractivity contribution in [2.24, 2.45) is 10.8 Å². The van der Waals surface area contributed by atoms with E-state index in [0.29, 0.717) is 13.0 Å². The number of nitrogens with one attached hydrogen (secondary N) is 1. The lowest BCUT2D eigenvalue weighted by Gasteiger charge is -2.43. The average molecular weight is 447 g/mol. The standard InChI is InChI=1S/C25H35ClN2O3/c1-23(2,3)11-10-17-8-9-18(15-19(17)26)25(5)20(24(4)12-13-24)16-28(22(31)27-25)14-6-7-21(29)30/h8-9,15-16H,6-7,10-14H2,1-5H3,(H,27,31)(H,29,30)/t25-/m1/s1. The summed E-state index contributed by atoms with van der Waals surface area (Å²) >= 11 is 6.68. The van der Waals surface area contributed by atoms with Crippen LogP contribution in [0.1, 0.15) is 77.8 Å². The molecule has 5 nitrogen and oxygen atoms in total. The van der Waals surface area contributed by atoms with Crippen LogP contribution in [0.3, 0.4) is 0 Å². The molecule has 1 saturated carbocycles. The summed E-state index contributed by atoms with van der Waals surface area (Å²) in [7, 11) is 0. The molecule has 1 atom stereocenters. The minimum atomic E-state index is -0.846. The number of carbonyl (C=O) groups excluding carboxylic acids is 1. The van der Waals surface area contributed by atoms with E-state index in [4.69, 9.17) is 16.7 Å². The van der Waals surface area contributed by atoms with Crippen LogP contribution in [-0.4, -0.2) is 28.6 Å². The van der Waals surface area contributed by atoms with Gasteiger partial charge in [0.15, 0.2) is 0 Å². The highest BCUT2D eigenvalue weighted by atomic mass is 35.5. The van der Waals surface area contributed by atoms with Crippen molar-refractivity contribution in [3.05, 3.63) is 46.1 Å². The van der Waals surface area contributed by atoms with Gasteiger partial charge in [0.1, 0.15) is 0 Å². The quantitative estimate of drug-likeness (QED) is 0.506. The van der Waals surface area contributed by atoms with Crippen LogP contribution in [0, 0.1) is 10.8 Å². The van der Waals surface area contributed by atoms with E-state index in [9.17, 15) is 9.59 Å². The first-order valence-corrected chi connectivity index (χ1v) is 11.5. The minimum absolute atomic E-state index is 0.0326. The highest BCUT2D eigenvalue weighted by Gasteiger charge is 2.52. The molecule has 2 N–H and O–H groups in total. The Kier molecular flexibility index (Phi) is 6.48. The molecular formula is C25H35ClN2O3. The summed E-state index contributed by atoms with van der Waals surface area (Å²) in [6.07, 6.45) is 6.55. The minimum Gasteiger partial charge on any atom is -0.481 e. The number of amides is 2. The zero-order valence-electron chi connectivity index (χ0n) is 19.3. The molecule has 1 aromatic rings. The third-order valence-electron chi connectivity index (χ3n) is 6.66. The van der Waals surface area contributed by atoms with Gasteiger partial charge in [-0.05, 0) is 72.6 Å². The molecule has 0 aromatic heterocycles. The maximum absolute atomic E-state index is 12.9. The van der Waals surface area contributed by atoms with E-state index in [0.717, 1.165) is 47.4 Å². The van der Waals surface area contributed by atoms with Crippen molar-refractivity contribution in [2.45, 2.75) is 78.7 Å². The van der Waals surface area contributed by atoms with Gasteiger partial charge in [0.2, 0.25) is 0 Å². The number of benzene rings is 1. The number of aliphatic carboxylic acids is 1. The van der Waals surface area contributed by atoms with Gasteiger partial charge in [-0.3, -0.25) is 4.79 Å². The molecule has 170 valence electrons. The van der Waals surface area contributed by atoms with Crippen molar-refractivity contribution in [3.63, 3.8) is 0 Å². The summed E-state index contributed by atoms with van der Waals surface area (Å²) in [6, 6.07) is 5.98. The molecule has 0 spiro atoms. The molecule has 31 heavy (non-hydrogen) atoms. The second-order valence-electron chi connectivity index (χ2n) is 10.7. The average Bonchev–Trinajstić information content (AvgIpc) is 3.39. The van der Waals surface area contributed by atoms with Gasteiger partial charge in [-0.2, -0.15) is 0 Å². The Balaban J connectivity index is 1.89. The van der Waals surface area contributed by atoms with Crippen LogP contribution in [0.5, 0.6) is 0 Å². The highest BCUT2D eigenvalue weighted by molar-refractivity contribution is 6.31. The Morgan fingerprint density at radius 2 is 1.94 bits per heavy atom. The first-order valence-electron chi connectivity index (χ1n) is 11.2. The molecule has 2 aliphatic rings. The van der Waals surface area contributed by atoms with Crippen LogP contribution in [0.4, 0.5) is 4.79 Å². The Bertz CT molecular complexity index is 899. The summed E-state index contributed by atoms with van der Waals surface area (Å²) in [5, 5.41) is 12.9. The van der Waals surface area contributed by atoms with Crippen LogP contribution >= 0.6 is 11.6 Å². The summed E-state index contributed by atoms with van der Waals surface area (Å²) in [5.41, 5.74) is 2.90. The molecule has 6 heteroatoms. The lowest BCUT2D eigenvalue weighted by molar-refractivity contribution is -0.137. The fraction of sp³-hybridized carbons (Fsp3) is 0.600. The number of aryl methyl sites for hydroxylation is 1. The summed E-state index contributed by atoms with van der Waals surface area (Å²) in [6.45, 7) is 11.3. The van der Waals surface area contributed by atoms with Crippen molar-refractivity contribution in [2.75, 3.05) is 6.54 Å². The Morgan fingerprint density at radius 1 is 1.26 bits per heavy atom. The number of carbonyl (C=O) groups is 2. The first kappa shape index (κ1) is 23.6. The molecule has 0 saturated heterocycles. The molecule has 0 bridgehead atoms. The lowest BCUT2D eigenvalue weighted by Crippen LogP contribution is -2.55. The van der Waals surface area contributed by atoms with Gasteiger partial charge in [-0.15, -0.1) is 0 Å². The molecule has 1 fully saturated rings. The second kappa shape index (κ2) is 8.50. The molecule has 1 aliphatic heterocycles. The zero-order valence-corrected chi connectivity index (χ0v) is 20.1. The predicted octanol–water partition coefficient (Wildman–Crippen LogP) is 6.11. The van der Waals surface area contributed by atoms with Crippen molar-refractivity contribution in [1.82, 2.24) is 10.2 Å². The van der Waals surface area contributed by atoms with Crippen LogP contribution in [0.2, 0.25) is 5.02 Å². The van der Waals surface area contributed by atoms with Crippen molar-refractivity contribution >= 4 is 23.6 Å². The third kappa shape index (κ3) is 5.43. The summed E-state index contributed by atoms with van der Waals surface area (Å²) in [5.74, 6) is -0.846. The van der Waals surface area contributed by atoms with E-state index < -0.39 is 11.5 Å². The number of urea groups is 1. The van der Waals surface area contributed by atoms with E-state index in [1.807, 2.05) is 12.3 Å². The van der Waals surface area contributed by atoms with E-state index >= 15 is 0 Å². The van der Waals surface area contributed by atoms with E-state index in [-0.39, 0.29) is 23.3 Å². The van der Waals surface area contributed by atoms with Crippen LogP contribution in [0.15, 0.2) is 30.0 Å². The lowest BCUT2D eigenvalue weighted by atomic mass is 9.75.